The molecule has 0 saturated carbocycles. The van der Waals surface area contributed by atoms with Crippen molar-refractivity contribution >= 4 is 17.7 Å². The minimum Gasteiger partial charge on any atom is -0.493 e. The fourth-order valence-electron chi connectivity index (χ4n) is 5.24. The van der Waals surface area contributed by atoms with Gasteiger partial charge < -0.3 is 40.6 Å². The molecule has 1 aliphatic rings. The third-order valence-electron chi connectivity index (χ3n) is 8.31. The van der Waals surface area contributed by atoms with Crippen molar-refractivity contribution in [3.63, 3.8) is 0 Å². The van der Waals surface area contributed by atoms with Crippen LogP contribution in [-0.4, -0.2) is 99.6 Å². The number of carbonyl (C=O) groups is 3. The fraction of sp³-hybridized carbons (Fsp3) is 0.727. The number of nitrogens with two attached hydrogens (primary N) is 1. The first kappa shape index (κ1) is 37.5. The van der Waals surface area contributed by atoms with Crippen LogP contribution in [0.25, 0.3) is 0 Å². The number of morpholine rings is 1. The molecule has 11 heteroatoms. The highest BCUT2D eigenvalue weighted by Crippen LogP contribution is 2.24. The smallest absolute Gasteiger partial charge is 0.255 e. The Hall–Kier alpha value is -2.73. The molecule has 0 radical (unpaired) electrons. The summed E-state index contributed by atoms with van der Waals surface area (Å²) >= 11 is 0. The molecule has 0 spiro atoms. The van der Waals surface area contributed by atoms with E-state index in [0.29, 0.717) is 63.8 Å². The van der Waals surface area contributed by atoms with Gasteiger partial charge in [0.25, 0.3) is 5.91 Å². The van der Waals surface area contributed by atoms with Gasteiger partial charge in [-0.15, -0.1) is 0 Å². The Balaban J connectivity index is 1.87. The van der Waals surface area contributed by atoms with Crippen LogP contribution >= 0.6 is 0 Å². The Morgan fingerprint density at radius 1 is 1.00 bits per heavy atom. The van der Waals surface area contributed by atoms with Crippen molar-refractivity contribution in [1.82, 2.24) is 15.5 Å². The standard InChI is InChI=1S/C33H56N4O7/c1-23(2)25(22-36-32(40)26-10-6-7-11-30(26)44-17-9-8-16-42-5)20-28(34)29(38)21-27(24(3)4)33(41)35-13-12-31(39)37-14-18-43-19-15-37/h6-7,10-11,23-25,27-29,38H,8-9,12-22,34H2,1-5H3,(H,35,41)(H,36,40)/t25-,27+,28+,29+/m1/s1. The van der Waals surface area contributed by atoms with Crippen LogP contribution in [-0.2, 0) is 19.1 Å². The molecule has 4 atom stereocenters. The van der Waals surface area contributed by atoms with Crippen LogP contribution in [0, 0.1) is 23.7 Å². The van der Waals surface area contributed by atoms with Gasteiger partial charge in [0.05, 0.1) is 31.5 Å². The number of amides is 3. The Morgan fingerprint density at radius 2 is 1.68 bits per heavy atom. The van der Waals surface area contributed by atoms with Crippen LogP contribution in [0.5, 0.6) is 5.75 Å². The number of nitrogens with one attached hydrogen (secondary N) is 2. The van der Waals surface area contributed by atoms with Crippen molar-refractivity contribution in [2.75, 3.05) is 59.7 Å². The molecule has 2 rings (SSSR count). The predicted molar refractivity (Wildman–Crippen MR) is 170 cm³/mol. The van der Waals surface area contributed by atoms with Crippen LogP contribution in [0.2, 0.25) is 0 Å². The Bertz CT molecular complexity index is 1000. The second-order valence-corrected chi connectivity index (χ2v) is 12.3. The summed E-state index contributed by atoms with van der Waals surface area (Å²) in [5.41, 5.74) is 6.95. The SMILES string of the molecule is COCCCCOc1ccccc1C(=O)NC[C@@H](C[C@H](N)[C@@H](O)C[C@H](C(=O)NCCC(=O)N1CCOCC1)C(C)C)C(C)C. The largest absolute Gasteiger partial charge is 0.493 e. The molecule has 1 aromatic rings. The number of hydrogen-bond acceptors (Lipinski definition) is 8. The second kappa shape index (κ2) is 20.3. The lowest BCUT2D eigenvalue weighted by atomic mass is 9.83. The monoisotopic (exact) mass is 620 g/mol. The third kappa shape index (κ3) is 13.1. The van der Waals surface area contributed by atoms with Crippen molar-refractivity contribution in [3.05, 3.63) is 29.8 Å². The first-order valence-corrected chi connectivity index (χ1v) is 16.1. The average molecular weight is 621 g/mol. The molecule has 1 fully saturated rings. The van der Waals surface area contributed by atoms with E-state index in [1.165, 1.54) is 0 Å². The molecule has 1 aromatic carbocycles. The number of benzene rings is 1. The normalized spacial score (nSPS) is 16.3. The highest BCUT2D eigenvalue weighted by atomic mass is 16.5. The third-order valence-corrected chi connectivity index (χ3v) is 8.31. The molecule has 5 N–H and O–H groups in total. The van der Waals surface area contributed by atoms with Crippen molar-refractivity contribution in [2.45, 2.75) is 71.9 Å². The maximum Gasteiger partial charge on any atom is 0.255 e. The molecular formula is C33H56N4O7. The zero-order valence-corrected chi connectivity index (χ0v) is 27.4. The van der Waals surface area contributed by atoms with E-state index in [-0.39, 0.29) is 54.9 Å². The molecule has 1 aliphatic heterocycles. The van der Waals surface area contributed by atoms with Gasteiger partial charge in [0, 0.05) is 58.3 Å². The van der Waals surface area contributed by atoms with Gasteiger partial charge in [-0.25, -0.2) is 0 Å². The van der Waals surface area contributed by atoms with Crippen LogP contribution in [0.4, 0.5) is 0 Å². The number of unbranched alkanes of at least 4 members (excludes halogenated alkanes) is 1. The maximum absolute atomic E-state index is 13.1. The second-order valence-electron chi connectivity index (χ2n) is 12.3. The van der Waals surface area contributed by atoms with E-state index in [4.69, 9.17) is 19.9 Å². The lowest BCUT2D eigenvalue weighted by molar-refractivity contribution is -0.135. The van der Waals surface area contributed by atoms with E-state index < -0.39 is 18.1 Å². The number of nitrogens with zero attached hydrogens (tertiary/aromatic N) is 1. The van der Waals surface area contributed by atoms with Gasteiger partial charge in [-0.05, 0) is 55.6 Å². The minimum atomic E-state index is -0.896. The number of aliphatic hydroxyl groups is 1. The van der Waals surface area contributed by atoms with Crippen LogP contribution < -0.4 is 21.1 Å². The molecule has 44 heavy (non-hydrogen) atoms. The van der Waals surface area contributed by atoms with Crippen molar-refractivity contribution in [1.29, 1.82) is 0 Å². The summed E-state index contributed by atoms with van der Waals surface area (Å²) in [6, 6.07) is 6.62. The summed E-state index contributed by atoms with van der Waals surface area (Å²) in [5.74, 6) is -0.116. The quantitative estimate of drug-likeness (QED) is 0.162. The molecule has 1 saturated heterocycles. The van der Waals surface area contributed by atoms with E-state index in [1.807, 2.05) is 26.0 Å². The van der Waals surface area contributed by atoms with Gasteiger partial charge in [-0.3, -0.25) is 14.4 Å². The van der Waals surface area contributed by atoms with Gasteiger partial charge in [0.15, 0.2) is 0 Å². The van der Waals surface area contributed by atoms with E-state index in [9.17, 15) is 19.5 Å². The van der Waals surface area contributed by atoms with E-state index in [1.54, 1.807) is 24.1 Å². The van der Waals surface area contributed by atoms with E-state index in [0.717, 1.165) is 12.8 Å². The first-order valence-electron chi connectivity index (χ1n) is 16.1. The summed E-state index contributed by atoms with van der Waals surface area (Å²) in [6.45, 7) is 12.0. The molecule has 1 heterocycles. The molecule has 0 aromatic heterocycles. The van der Waals surface area contributed by atoms with Crippen LogP contribution in [0.3, 0.4) is 0 Å². The number of carbonyl (C=O) groups excluding carboxylic acids is 3. The van der Waals surface area contributed by atoms with Gasteiger partial charge in [-0.2, -0.15) is 0 Å². The highest BCUT2D eigenvalue weighted by molar-refractivity contribution is 5.96. The number of aliphatic hydroxyl groups excluding tert-OH is 1. The maximum atomic E-state index is 13.1. The number of methoxy groups -OCH3 is 1. The van der Waals surface area contributed by atoms with Crippen LogP contribution in [0.15, 0.2) is 24.3 Å². The molecule has 3 amide bonds. The molecule has 0 bridgehead atoms. The van der Waals surface area contributed by atoms with E-state index in [2.05, 4.69) is 24.5 Å². The molecule has 0 aliphatic carbocycles. The number of para-hydroxylation sites is 1. The summed E-state index contributed by atoms with van der Waals surface area (Å²) < 4.78 is 16.2. The fourth-order valence-corrected chi connectivity index (χ4v) is 5.24. The van der Waals surface area contributed by atoms with Gasteiger partial charge in [0.1, 0.15) is 5.75 Å². The Morgan fingerprint density at radius 3 is 2.34 bits per heavy atom. The van der Waals surface area contributed by atoms with Gasteiger partial charge in [-0.1, -0.05) is 39.8 Å². The van der Waals surface area contributed by atoms with E-state index >= 15 is 0 Å². The van der Waals surface area contributed by atoms with Crippen molar-refractivity contribution in [2.24, 2.45) is 29.4 Å². The molecular weight excluding hydrogens is 564 g/mol. The minimum absolute atomic E-state index is 0.00228. The molecule has 0 unspecified atom stereocenters. The van der Waals surface area contributed by atoms with Crippen molar-refractivity contribution < 1.29 is 33.7 Å². The first-order chi connectivity index (χ1) is 21.0. The predicted octanol–water partition coefficient (Wildman–Crippen LogP) is 2.60. The lowest BCUT2D eigenvalue weighted by Crippen LogP contribution is -2.45. The summed E-state index contributed by atoms with van der Waals surface area (Å²) in [7, 11) is 1.67. The molecule has 250 valence electrons. The van der Waals surface area contributed by atoms with Crippen LogP contribution in [0.1, 0.15) is 70.2 Å². The average Bonchev–Trinajstić information content (AvgIpc) is 3.01. The zero-order valence-electron chi connectivity index (χ0n) is 27.4. The summed E-state index contributed by atoms with van der Waals surface area (Å²) in [6.07, 6.45) is 1.74. The van der Waals surface area contributed by atoms with Crippen molar-refractivity contribution in [3.8, 4) is 5.75 Å². The number of ether oxygens (including phenoxy) is 3. The van der Waals surface area contributed by atoms with Gasteiger partial charge in [0.2, 0.25) is 11.8 Å². The number of rotatable bonds is 20. The topological polar surface area (TPSA) is 152 Å². The Kier molecular flexibility index (Phi) is 17.3. The Labute approximate surface area is 263 Å². The highest BCUT2D eigenvalue weighted by Gasteiger charge is 2.30. The van der Waals surface area contributed by atoms with Gasteiger partial charge >= 0.3 is 0 Å². The summed E-state index contributed by atoms with van der Waals surface area (Å²) in [5, 5.41) is 16.9. The lowest BCUT2D eigenvalue weighted by Gasteiger charge is -2.30. The zero-order chi connectivity index (χ0) is 32.5. The summed E-state index contributed by atoms with van der Waals surface area (Å²) in [4.78, 5) is 40.3. The molecule has 11 nitrogen and oxygen atoms in total. The number of hydrogen-bond donors (Lipinski definition) is 4.